The molecule has 2 N–H and O–H groups in total. The molecule has 3 rings (SSSR count). The highest BCUT2D eigenvalue weighted by Gasteiger charge is 2.23. The van der Waals surface area contributed by atoms with Crippen molar-refractivity contribution in [1.82, 2.24) is 0 Å². The van der Waals surface area contributed by atoms with Gasteiger partial charge in [0.2, 0.25) is 0 Å². The third-order valence-electron chi connectivity index (χ3n) is 4.19. The number of nitriles is 1. The van der Waals surface area contributed by atoms with Crippen molar-refractivity contribution < 1.29 is 0 Å². The number of rotatable bonds is 2. The average Bonchev–Trinajstić information content (AvgIpc) is 2.91. The Hall–Kier alpha value is -2.47. The van der Waals surface area contributed by atoms with E-state index in [9.17, 15) is 5.26 Å². The van der Waals surface area contributed by atoms with Crippen LogP contribution in [0.2, 0.25) is 0 Å². The number of nitrogen functional groups attached to an aromatic ring is 1. The van der Waals surface area contributed by atoms with E-state index in [0.29, 0.717) is 17.2 Å². The van der Waals surface area contributed by atoms with E-state index in [1.165, 1.54) is 16.8 Å². The average molecular weight is 277 g/mol. The molecular weight excluding hydrogens is 258 g/mol. The number of hydrogen-bond donors (Lipinski definition) is 1. The van der Waals surface area contributed by atoms with Gasteiger partial charge in [-0.05, 0) is 40.8 Å². The van der Waals surface area contributed by atoms with Crippen LogP contribution in [0.25, 0.3) is 0 Å². The van der Waals surface area contributed by atoms with Gasteiger partial charge in [-0.15, -0.1) is 0 Å². The Labute approximate surface area is 125 Å². The summed E-state index contributed by atoms with van der Waals surface area (Å²) >= 11 is 0. The Morgan fingerprint density at radius 3 is 2.43 bits per heavy atom. The van der Waals surface area contributed by atoms with Gasteiger partial charge in [0.1, 0.15) is 6.07 Å². The molecule has 0 aliphatic carbocycles. The Morgan fingerprint density at radius 2 is 1.81 bits per heavy atom. The number of nitrogens with two attached hydrogens (primary N) is 1. The lowest BCUT2D eigenvalue weighted by Gasteiger charge is -2.18. The summed E-state index contributed by atoms with van der Waals surface area (Å²) in [6.07, 6.45) is 0. The second-order valence-electron chi connectivity index (χ2n) is 5.88. The summed E-state index contributed by atoms with van der Waals surface area (Å²) in [4.78, 5) is 2.29. The summed E-state index contributed by atoms with van der Waals surface area (Å²) in [7, 11) is 0. The summed E-state index contributed by atoms with van der Waals surface area (Å²) in [5, 5.41) is 9.29. The monoisotopic (exact) mass is 277 g/mol. The van der Waals surface area contributed by atoms with Crippen LogP contribution in [0.5, 0.6) is 0 Å². The highest BCUT2D eigenvalue weighted by molar-refractivity contribution is 5.64. The van der Waals surface area contributed by atoms with Gasteiger partial charge in [0.15, 0.2) is 0 Å². The molecule has 0 spiro atoms. The quantitative estimate of drug-likeness (QED) is 0.850. The second kappa shape index (κ2) is 5.14. The maximum Gasteiger partial charge on any atom is 0.102 e. The molecule has 0 unspecified atom stereocenters. The highest BCUT2D eigenvalue weighted by atomic mass is 15.1. The Kier molecular flexibility index (Phi) is 3.31. The minimum atomic E-state index is 0.541. The molecule has 0 radical (unpaired) electrons. The van der Waals surface area contributed by atoms with E-state index in [0.717, 1.165) is 18.7 Å². The van der Waals surface area contributed by atoms with E-state index < -0.39 is 0 Å². The van der Waals surface area contributed by atoms with E-state index in [4.69, 9.17) is 5.73 Å². The predicted octanol–water partition coefficient (Wildman–Crippen LogP) is 3.78. The van der Waals surface area contributed by atoms with Gasteiger partial charge in [0, 0.05) is 24.5 Å². The topological polar surface area (TPSA) is 53.0 Å². The first kappa shape index (κ1) is 13.5. The fourth-order valence-corrected chi connectivity index (χ4v) is 2.87. The first-order chi connectivity index (χ1) is 10.1. The maximum atomic E-state index is 9.29. The summed E-state index contributed by atoms with van der Waals surface area (Å²) in [5.41, 5.74) is 11.9. The van der Waals surface area contributed by atoms with Crippen LogP contribution < -0.4 is 10.6 Å². The standard InChI is InChI=1S/C18H19N3/c1-12(2)13-3-6-15(7-4-13)21-10-14-5-8-18(20)16(9-19)17(14)11-21/h3-8,12H,10-11,20H2,1-2H3. The van der Waals surface area contributed by atoms with Gasteiger partial charge in [0.25, 0.3) is 0 Å². The van der Waals surface area contributed by atoms with Crippen molar-refractivity contribution >= 4 is 11.4 Å². The van der Waals surface area contributed by atoms with Gasteiger partial charge < -0.3 is 10.6 Å². The molecule has 0 saturated heterocycles. The van der Waals surface area contributed by atoms with Crippen LogP contribution in [0.1, 0.15) is 42.0 Å². The largest absolute Gasteiger partial charge is 0.398 e. The van der Waals surface area contributed by atoms with Crippen LogP contribution in [0, 0.1) is 11.3 Å². The molecule has 21 heavy (non-hydrogen) atoms. The number of hydrogen-bond acceptors (Lipinski definition) is 3. The summed E-state index contributed by atoms with van der Waals surface area (Å²) in [6.45, 7) is 5.99. The number of fused-ring (bicyclic) bond motifs is 1. The lowest BCUT2D eigenvalue weighted by molar-refractivity contribution is 0.856. The fourth-order valence-electron chi connectivity index (χ4n) is 2.87. The van der Waals surface area contributed by atoms with E-state index in [2.05, 4.69) is 49.1 Å². The van der Waals surface area contributed by atoms with Crippen molar-refractivity contribution in [3.8, 4) is 6.07 Å². The number of nitrogens with zero attached hydrogens (tertiary/aromatic N) is 2. The van der Waals surface area contributed by atoms with Gasteiger partial charge in [-0.25, -0.2) is 0 Å². The van der Waals surface area contributed by atoms with Crippen molar-refractivity contribution in [2.45, 2.75) is 32.9 Å². The molecule has 0 amide bonds. The Bertz CT molecular complexity index is 708. The zero-order chi connectivity index (χ0) is 15.0. The predicted molar refractivity (Wildman–Crippen MR) is 86.0 cm³/mol. The van der Waals surface area contributed by atoms with Crippen LogP contribution in [0.3, 0.4) is 0 Å². The van der Waals surface area contributed by atoms with E-state index in [-0.39, 0.29) is 0 Å². The van der Waals surface area contributed by atoms with Gasteiger partial charge in [-0.2, -0.15) is 5.26 Å². The van der Waals surface area contributed by atoms with Gasteiger partial charge >= 0.3 is 0 Å². The molecule has 0 bridgehead atoms. The normalized spacial score (nSPS) is 13.3. The molecule has 3 heteroatoms. The van der Waals surface area contributed by atoms with Crippen molar-refractivity contribution in [1.29, 1.82) is 5.26 Å². The third kappa shape index (κ3) is 2.34. The van der Waals surface area contributed by atoms with Crippen molar-refractivity contribution in [2.24, 2.45) is 0 Å². The molecule has 1 aliphatic heterocycles. The molecule has 106 valence electrons. The smallest absolute Gasteiger partial charge is 0.102 e. The minimum absolute atomic E-state index is 0.541. The summed E-state index contributed by atoms with van der Waals surface area (Å²) < 4.78 is 0. The molecule has 0 fully saturated rings. The molecule has 3 nitrogen and oxygen atoms in total. The zero-order valence-electron chi connectivity index (χ0n) is 12.4. The van der Waals surface area contributed by atoms with Crippen molar-refractivity contribution in [3.63, 3.8) is 0 Å². The molecule has 2 aromatic rings. The van der Waals surface area contributed by atoms with Gasteiger partial charge in [0.05, 0.1) is 5.56 Å². The Morgan fingerprint density at radius 1 is 1.10 bits per heavy atom. The SMILES string of the molecule is CC(C)c1ccc(N2Cc3ccc(N)c(C#N)c3C2)cc1. The molecule has 1 heterocycles. The van der Waals surface area contributed by atoms with Crippen molar-refractivity contribution in [3.05, 3.63) is 58.7 Å². The maximum absolute atomic E-state index is 9.29. The van der Waals surface area contributed by atoms with Gasteiger partial charge in [-0.3, -0.25) is 0 Å². The first-order valence-electron chi connectivity index (χ1n) is 7.25. The molecular formula is C18H19N3. The van der Waals surface area contributed by atoms with Crippen molar-refractivity contribution in [2.75, 3.05) is 10.6 Å². The summed E-state index contributed by atoms with van der Waals surface area (Å²) in [5.74, 6) is 0.541. The second-order valence-corrected chi connectivity index (χ2v) is 5.88. The van der Waals surface area contributed by atoms with E-state index in [1.807, 2.05) is 12.1 Å². The van der Waals surface area contributed by atoms with Crippen LogP contribution in [0.15, 0.2) is 36.4 Å². The zero-order valence-corrected chi connectivity index (χ0v) is 12.4. The van der Waals surface area contributed by atoms with Crippen LogP contribution in [-0.4, -0.2) is 0 Å². The number of anilines is 2. The third-order valence-corrected chi connectivity index (χ3v) is 4.19. The first-order valence-corrected chi connectivity index (χ1v) is 7.25. The highest BCUT2D eigenvalue weighted by Crippen LogP contribution is 2.33. The number of benzene rings is 2. The van der Waals surface area contributed by atoms with Crippen LogP contribution in [-0.2, 0) is 13.1 Å². The van der Waals surface area contributed by atoms with Crippen LogP contribution in [0.4, 0.5) is 11.4 Å². The molecule has 0 atom stereocenters. The van der Waals surface area contributed by atoms with Gasteiger partial charge in [-0.1, -0.05) is 32.0 Å². The lowest BCUT2D eigenvalue weighted by Crippen LogP contribution is -2.14. The van der Waals surface area contributed by atoms with E-state index in [1.54, 1.807) is 0 Å². The van der Waals surface area contributed by atoms with E-state index >= 15 is 0 Å². The fraction of sp³-hybridized carbons (Fsp3) is 0.278. The molecule has 0 aromatic heterocycles. The minimum Gasteiger partial charge on any atom is -0.398 e. The summed E-state index contributed by atoms with van der Waals surface area (Å²) in [6, 6.07) is 14.8. The lowest BCUT2D eigenvalue weighted by atomic mass is 10.0. The Balaban J connectivity index is 1.90. The molecule has 2 aromatic carbocycles. The molecule has 1 aliphatic rings. The molecule has 0 saturated carbocycles. The van der Waals surface area contributed by atoms with Crippen LogP contribution >= 0.6 is 0 Å².